The van der Waals surface area contributed by atoms with Gasteiger partial charge in [0.1, 0.15) is 4.88 Å². The molecule has 1 rings (SSSR count). The molecule has 0 radical (unpaired) electrons. The maximum absolute atomic E-state index is 11.8. The fraction of sp³-hybridized carbons (Fsp3) is 0.700. The van der Waals surface area contributed by atoms with Crippen LogP contribution in [-0.4, -0.2) is 33.2 Å². The first-order chi connectivity index (χ1) is 7.32. The first kappa shape index (κ1) is 13.1. The molecule has 0 bridgehead atoms. The van der Waals surface area contributed by atoms with Crippen LogP contribution in [0.5, 0.6) is 0 Å². The molecular formula is C10H17N3O2S. The largest absolute Gasteiger partial charge is 0.392 e. The molecule has 0 aliphatic carbocycles. The van der Waals surface area contributed by atoms with E-state index >= 15 is 0 Å². The van der Waals surface area contributed by atoms with Crippen molar-refractivity contribution in [2.24, 2.45) is 0 Å². The van der Waals surface area contributed by atoms with Gasteiger partial charge in [0, 0.05) is 12.0 Å². The molecule has 0 saturated carbocycles. The summed E-state index contributed by atoms with van der Waals surface area (Å²) in [6.07, 6.45) is -0.553. The van der Waals surface area contributed by atoms with Gasteiger partial charge in [0.25, 0.3) is 5.91 Å². The summed E-state index contributed by atoms with van der Waals surface area (Å²) in [7, 11) is 0. The Balaban J connectivity index is 2.81. The number of amides is 1. The lowest BCUT2D eigenvalue weighted by atomic mass is 9.91. The molecule has 1 heterocycles. The fourth-order valence-electron chi connectivity index (χ4n) is 1.15. The number of rotatable bonds is 3. The normalized spacial score (nSPS) is 13.6. The van der Waals surface area contributed by atoms with Gasteiger partial charge in [-0.3, -0.25) is 4.79 Å². The average Bonchev–Trinajstić information content (AvgIpc) is 2.61. The van der Waals surface area contributed by atoms with Crippen LogP contribution in [0, 0.1) is 0 Å². The quantitative estimate of drug-likeness (QED) is 0.828. The Morgan fingerprint density at radius 2 is 2.19 bits per heavy atom. The van der Waals surface area contributed by atoms with Gasteiger partial charge >= 0.3 is 0 Å². The number of nitrogens with one attached hydrogen (secondary N) is 1. The van der Waals surface area contributed by atoms with E-state index in [4.69, 9.17) is 5.11 Å². The monoisotopic (exact) mass is 243 g/mol. The lowest BCUT2D eigenvalue weighted by Crippen LogP contribution is -2.31. The lowest BCUT2D eigenvalue weighted by molar-refractivity contribution is 0.0925. The van der Waals surface area contributed by atoms with Crippen LogP contribution in [0.25, 0.3) is 0 Å². The highest BCUT2D eigenvalue weighted by molar-refractivity contribution is 7.08. The van der Waals surface area contributed by atoms with Crippen LogP contribution in [-0.2, 0) is 5.41 Å². The van der Waals surface area contributed by atoms with Crippen LogP contribution in [0.4, 0.5) is 0 Å². The van der Waals surface area contributed by atoms with E-state index in [1.807, 2.05) is 20.8 Å². The first-order valence-electron chi connectivity index (χ1n) is 5.11. The smallest absolute Gasteiger partial charge is 0.265 e. The third kappa shape index (κ3) is 3.24. The summed E-state index contributed by atoms with van der Waals surface area (Å²) in [5.74, 6) is -0.221. The minimum atomic E-state index is -0.553. The van der Waals surface area contributed by atoms with Crippen molar-refractivity contribution in [3.8, 4) is 0 Å². The molecule has 0 unspecified atom stereocenters. The molecule has 16 heavy (non-hydrogen) atoms. The number of carbonyl (C=O) groups excluding carboxylic acids is 1. The number of nitrogens with zero attached hydrogens (tertiary/aromatic N) is 2. The lowest BCUT2D eigenvalue weighted by Gasteiger charge is -2.16. The SMILES string of the molecule is C[C@H](O)CNC(=O)c1snnc1C(C)(C)C. The number of carbonyl (C=O) groups is 1. The topological polar surface area (TPSA) is 75.1 Å². The standard InChI is InChI=1S/C10H17N3O2S/c1-6(14)5-11-9(15)7-8(10(2,3)4)12-13-16-7/h6,14H,5H2,1-4H3,(H,11,15)/t6-/m0/s1. The van der Waals surface area contributed by atoms with Gasteiger partial charge in [0.05, 0.1) is 11.8 Å². The maximum Gasteiger partial charge on any atom is 0.265 e. The Kier molecular flexibility index (Phi) is 3.98. The van der Waals surface area contributed by atoms with Gasteiger partial charge in [-0.15, -0.1) is 5.10 Å². The Labute approximate surface area is 99.0 Å². The van der Waals surface area contributed by atoms with Crippen LogP contribution < -0.4 is 5.32 Å². The predicted octanol–water partition coefficient (Wildman–Crippen LogP) is 0.946. The molecule has 0 aromatic carbocycles. The van der Waals surface area contributed by atoms with Gasteiger partial charge in [-0.05, 0) is 18.5 Å². The van der Waals surface area contributed by atoms with E-state index in [0.717, 1.165) is 11.5 Å². The molecule has 1 aromatic heterocycles. The molecule has 90 valence electrons. The number of aliphatic hydroxyl groups excluding tert-OH is 1. The molecule has 2 N–H and O–H groups in total. The van der Waals surface area contributed by atoms with E-state index in [1.165, 1.54) is 0 Å². The molecular weight excluding hydrogens is 226 g/mol. The Bertz CT molecular complexity index is 368. The zero-order valence-electron chi connectivity index (χ0n) is 9.94. The molecule has 0 aliphatic rings. The van der Waals surface area contributed by atoms with Crippen molar-refractivity contribution in [3.63, 3.8) is 0 Å². The van der Waals surface area contributed by atoms with Crippen LogP contribution in [0.1, 0.15) is 43.1 Å². The van der Waals surface area contributed by atoms with Gasteiger partial charge in [-0.25, -0.2) is 0 Å². The van der Waals surface area contributed by atoms with Crippen molar-refractivity contribution in [1.82, 2.24) is 14.9 Å². The van der Waals surface area contributed by atoms with Crippen molar-refractivity contribution in [1.29, 1.82) is 0 Å². The van der Waals surface area contributed by atoms with Crippen LogP contribution in [0.2, 0.25) is 0 Å². The highest BCUT2D eigenvalue weighted by Crippen LogP contribution is 2.25. The van der Waals surface area contributed by atoms with Crippen molar-refractivity contribution in [3.05, 3.63) is 10.6 Å². The second-order valence-electron chi connectivity index (χ2n) is 4.76. The summed E-state index contributed by atoms with van der Waals surface area (Å²) >= 11 is 1.08. The van der Waals surface area contributed by atoms with Crippen molar-refractivity contribution >= 4 is 17.4 Å². The van der Waals surface area contributed by atoms with Crippen LogP contribution in [0.15, 0.2) is 0 Å². The van der Waals surface area contributed by atoms with Gasteiger partial charge in [-0.1, -0.05) is 25.3 Å². The van der Waals surface area contributed by atoms with Crippen LogP contribution in [0.3, 0.4) is 0 Å². The van der Waals surface area contributed by atoms with Gasteiger partial charge in [0.15, 0.2) is 0 Å². The minimum absolute atomic E-state index is 0.204. The minimum Gasteiger partial charge on any atom is -0.392 e. The zero-order chi connectivity index (χ0) is 12.3. The van der Waals surface area contributed by atoms with Gasteiger partial charge in [-0.2, -0.15) is 0 Å². The molecule has 1 aromatic rings. The second-order valence-corrected chi connectivity index (χ2v) is 5.51. The van der Waals surface area contributed by atoms with Crippen molar-refractivity contribution in [2.75, 3.05) is 6.54 Å². The molecule has 0 spiro atoms. The second kappa shape index (κ2) is 4.88. The summed E-state index contributed by atoms with van der Waals surface area (Å²) in [6, 6.07) is 0. The Morgan fingerprint density at radius 3 is 2.69 bits per heavy atom. The Morgan fingerprint density at radius 1 is 1.56 bits per heavy atom. The maximum atomic E-state index is 11.8. The zero-order valence-corrected chi connectivity index (χ0v) is 10.8. The third-order valence-electron chi connectivity index (χ3n) is 1.96. The highest BCUT2D eigenvalue weighted by atomic mass is 32.1. The molecule has 6 heteroatoms. The molecule has 1 amide bonds. The summed E-state index contributed by atoms with van der Waals surface area (Å²) in [5, 5.41) is 15.7. The van der Waals surface area contributed by atoms with E-state index in [-0.39, 0.29) is 17.9 Å². The van der Waals surface area contributed by atoms with Crippen LogP contribution >= 0.6 is 11.5 Å². The average molecular weight is 243 g/mol. The summed E-state index contributed by atoms with van der Waals surface area (Å²) < 4.78 is 3.81. The number of hydrogen-bond donors (Lipinski definition) is 2. The van der Waals surface area contributed by atoms with Gasteiger partial charge in [0.2, 0.25) is 0 Å². The highest BCUT2D eigenvalue weighted by Gasteiger charge is 2.26. The van der Waals surface area contributed by atoms with Gasteiger partial charge < -0.3 is 10.4 Å². The first-order valence-corrected chi connectivity index (χ1v) is 5.89. The number of aliphatic hydroxyl groups is 1. The number of aromatic nitrogens is 2. The number of hydrogen-bond acceptors (Lipinski definition) is 5. The van der Waals surface area contributed by atoms with E-state index in [0.29, 0.717) is 10.6 Å². The van der Waals surface area contributed by atoms with E-state index in [9.17, 15) is 4.79 Å². The predicted molar refractivity (Wildman–Crippen MR) is 62.6 cm³/mol. The molecule has 1 atom stereocenters. The van der Waals surface area contributed by atoms with E-state index < -0.39 is 6.10 Å². The van der Waals surface area contributed by atoms with Crippen molar-refractivity contribution < 1.29 is 9.90 Å². The fourth-order valence-corrected chi connectivity index (χ4v) is 1.94. The molecule has 0 saturated heterocycles. The molecule has 0 aliphatic heterocycles. The summed E-state index contributed by atoms with van der Waals surface area (Å²) in [5.41, 5.74) is 0.491. The Hall–Kier alpha value is -1.01. The van der Waals surface area contributed by atoms with Crippen molar-refractivity contribution in [2.45, 2.75) is 39.2 Å². The summed E-state index contributed by atoms with van der Waals surface area (Å²) in [6.45, 7) is 7.80. The third-order valence-corrected chi connectivity index (χ3v) is 2.69. The van der Waals surface area contributed by atoms with E-state index in [2.05, 4.69) is 14.9 Å². The van der Waals surface area contributed by atoms with E-state index in [1.54, 1.807) is 6.92 Å². The molecule has 0 fully saturated rings. The summed E-state index contributed by atoms with van der Waals surface area (Å²) in [4.78, 5) is 12.3. The molecule has 5 nitrogen and oxygen atoms in total.